The van der Waals surface area contributed by atoms with E-state index in [-0.39, 0.29) is 0 Å². The average Bonchev–Trinajstić information content (AvgIpc) is 2.72. The summed E-state index contributed by atoms with van der Waals surface area (Å²) in [6.07, 6.45) is 1.48. The average molecular weight is 276 g/mol. The van der Waals surface area contributed by atoms with Crippen molar-refractivity contribution in [2.45, 2.75) is 32.0 Å². The van der Waals surface area contributed by atoms with Gasteiger partial charge < -0.3 is 10.1 Å². The lowest BCUT2D eigenvalue weighted by molar-refractivity contribution is 0.113. The quantitative estimate of drug-likeness (QED) is 0.916. The summed E-state index contributed by atoms with van der Waals surface area (Å²) in [4.78, 5) is 1.36. The van der Waals surface area contributed by atoms with Gasteiger partial charge in [-0.15, -0.1) is 11.3 Å². The standard InChI is InChI=1S/C10H14BrNOS/c1-7-9(2-4-13-7)12-6-10-8(11)3-5-14-10/h3,5,7,9,12H,2,4,6H2,1H3. The Hall–Kier alpha value is 0.100. The topological polar surface area (TPSA) is 21.3 Å². The first kappa shape index (κ1) is 10.6. The Labute approximate surface area is 96.8 Å². The highest BCUT2D eigenvalue weighted by atomic mass is 79.9. The molecule has 1 aromatic heterocycles. The number of rotatable bonds is 3. The van der Waals surface area contributed by atoms with Crippen molar-refractivity contribution in [3.63, 3.8) is 0 Å². The Morgan fingerprint density at radius 1 is 1.71 bits per heavy atom. The molecule has 1 fully saturated rings. The predicted octanol–water partition coefficient (Wildman–Crippen LogP) is 2.78. The molecule has 1 aliphatic rings. The molecule has 2 atom stereocenters. The third-order valence-electron chi connectivity index (χ3n) is 2.59. The lowest BCUT2D eigenvalue weighted by Crippen LogP contribution is -2.33. The highest BCUT2D eigenvalue weighted by molar-refractivity contribution is 9.10. The van der Waals surface area contributed by atoms with E-state index in [1.54, 1.807) is 11.3 Å². The van der Waals surface area contributed by atoms with E-state index in [9.17, 15) is 0 Å². The summed E-state index contributed by atoms with van der Waals surface area (Å²) < 4.78 is 6.70. The summed E-state index contributed by atoms with van der Waals surface area (Å²) >= 11 is 5.31. The maximum absolute atomic E-state index is 5.49. The van der Waals surface area contributed by atoms with Gasteiger partial charge in [0.1, 0.15) is 0 Å². The van der Waals surface area contributed by atoms with E-state index in [4.69, 9.17) is 4.74 Å². The summed E-state index contributed by atoms with van der Waals surface area (Å²) in [7, 11) is 0. The SMILES string of the molecule is CC1OCCC1NCc1sccc1Br. The molecule has 0 amide bonds. The largest absolute Gasteiger partial charge is 0.377 e. The Kier molecular flexibility index (Phi) is 3.60. The van der Waals surface area contributed by atoms with Gasteiger partial charge in [0.2, 0.25) is 0 Å². The molecule has 78 valence electrons. The molecule has 0 radical (unpaired) electrons. The summed E-state index contributed by atoms with van der Waals surface area (Å²) in [5, 5.41) is 5.64. The molecule has 1 aliphatic heterocycles. The lowest BCUT2D eigenvalue weighted by atomic mass is 10.1. The van der Waals surface area contributed by atoms with Crippen molar-refractivity contribution in [2.24, 2.45) is 0 Å². The monoisotopic (exact) mass is 275 g/mol. The van der Waals surface area contributed by atoms with Crippen LogP contribution in [0.2, 0.25) is 0 Å². The Bertz CT molecular complexity index is 302. The fourth-order valence-electron chi connectivity index (χ4n) is 1.67. The minimum atomic E-state index is 0.355. The van der Waals surface area contributed by atoms with Crippen LogP contribution < -0.4 is 5.32 Å². The van der Waals surface area contributed by atoms with E-state index in [0.29, 0.717) is 12.1 Å². The Morgan fingerprint density at radius 2 is 2.57 bits per heavy atom. The number of thiophene rings is 1. The van der Waals surface area contributed by atoms with E-state index in [1.807, 2.05) is 0 Å². The Balaban J connectivity index is 1.85. The van der Waals surface area contributed by atoms with E-state index >= 15 is 0 Å². The summed E-state index contributed by atoms with van der Waals surface area (Å²) in [6.45, 7) is 3.97. The van der Waals surface area contributed by atoms with Crippen LogP contribution in [0.5, 0.6) is 0 Å². The van der Waals surface area contributed by atoms with E-state index in [1.165, 1.54) is 9.35 Å². The van der Waals surface area contributed by atoms with Crippen molar-refractivity contribution in [3.8, 4) is 0 Å². The fourth-order valence-corrected chi connectivity index (χ4v) is 3.12. The van der Waals surface area contributed by atoms with Gasteiger partial charge in [-0.1, -0.05) is 0 Å². The molecule has 14 heavy (non-hydrogen) atoms. The summed E-state index contributed by atoms with van der Waals surface area (Å²) in [5.74, 6) is 0. The van der Waals surface area contributed by atoms with Crippen LogP contribution in [-0.4, -0.2) is 18.8 Å². The second-order valence-corrected chi connectivity index (χ2v) is 5.40. The number of hydrogen-bond donors (Lipinski definition) is 1. The molecule has 2 heterocycles. The third-order valence-corrected chi connectivity index (χ3v) is 4.52. The zero-order chi connectivity index (χ0) is 9.97. The molecular formula is C10H14BrNOS. The molecule has 2 unspecified atom stereocenters. The molecule has 4 heteroatoms. The Morgan fingerprint density at radius 3 is 3.14 bits per heavy atom. The van der Waals surface area contributed by atoms with Gasteiger partial charge in [0.05, 0.1) is 6.10 Å². The van der Waals surface area contributed by atoms with Crippen molar-refractivity contribution in [1.29, 1.82) is 0 Å². The molecule has 2 nitrogen and oxygen atoms in total. The number of halogens is 1. The lowest BCUT2D eigenvalue weighted by Gasteiger charge is -2.15. The van der Waals surface area contributed by atoms with Gasteiger partial charge in [-0.25, -0.2) is 0 Å². The van der Waals surface area contributed by atoms with Crippen molar-refractivity contribution < 1.29 is 4.74 Å². The molecule has 1 saturated heterocycles. The van der Waals surface area contributed by atoms with Gasteiger partial charge in [0.15, 0.2) is 0 Å². The van der Waals surface area contributed by atoms with Gasteiger partial charge in [0, 0.05) is 28.5 Å². The van der Waals surface area contributed by atoms with Crippen molar-refractivity contribution in [3.05, 3.63) is 20.8 Å². The van der Waals surface area contributed by atoms with Crippen LogP contribution in [0.3, 0.4) is 0 Å². The summed E-state index contributed by atoms with van der Waals surface area (Å²) in [5.41, 5.74) is 0. The highest BCUT2D eigenvalue weighted by Gasteiger charge is 2.23. The van der Waals surface area contributed by atoms with E-state index < -0.39 is 0 Å². The third kappa shape index (κ3) is 2.37. The molecule has 0 spiro atoms. The highest BCUT2D eigenvalue weighted by Crippen LogP contribution is 2.23. The maximum Gasteiger partial charge on any atom is 0.0700 e. The minimum absolute atomic E-state index is 0.355. The predicted molar refractivity (Wildman–Crippen MR) is 62.7 cm³/mol. The van der Waals surface area contributed by atoms with Crippen LogP contribution in [0, 0.1) is 0 Å². The first-order valence-corrected chi connectivity index (χ1v) is 6.51. The van der Waals surface area contributed by atoms with Crippen LogP contribution in [0.1, 0.15) is 18.2 Å². The zero-order valence-corrected chi connectivity index (χ0v) is 10.5. The maximum atomic E-state index is 5.49. The van der Waals surface area contributed by atoms with Crippen LogP contribution in [-0.2, 0) is 11.3 Å². The van der Waals surface area contributed by atoms with E-state index in [2.05, 4.69) is 39.6 Å². The minimum Gasteiger partial charge on any atom is -0.377 e. The molecule has 0 aromatic carbocycles. The van der Waals surface area contributed by atoms with Crippen LogP contribution >= 0.6 is 27.3 Å². The van der Waals surface area contributed by atoms with Gasteiger partial charge in [-0.05, 0) is 40.7 Å². The smallest absolute Gasteiger partial charge is 0.0700 e. The summed E-state index contributed by atoms with van der Waals surface area (Å²) in [6, 6.07) is 2.61. The van der Waals surface area contributed by atoms with Crippen LogP contribution in [0.15, 0.2) is 15.9 Å². The number of hydrogen-bond acceptors (Lipinski definition) is 3. The van der Waals surface area contributed by atoms with Crippen LogP contribution in [0.25, 0.3) is 0 Å². The zero-order valence-electron chi connectivity index (χ0n) is 8.13. The van der Waals surface area contributed by atoms with Crippen LogP contribution in [0.4, 0.5) is 0 Å². The van der Waals surface area contributed by atoms with Gasteiger partial charge in [-0.2, -0.15) is 0 Å². The molecular weight excluding hydrogens is 262 g/mol. The van der Waals surface area contributed by atoms with Gasteiger partial charge in [-0.3, -0.25) is 0 Å². The molecule has 0 aliphatic carbocycles. The molecule has 0 bridgehead atoms. The molecule has 1 aromatic rings. The van der Waals surface area contributed by atoms with Crippen molar-refractivity contribution in [1.82, 2.24) is 5.32 Å². The normalized spacial score (nSPS) is 27.0. The number of ether oxygens (including phenoxy) is 1. The van der Waals surface area contributed by atoms with Gasteiger partial charge in [0.25, 0.3) is 0 Å². The molecule has 2 rings (SSSR count). The molecule has 0 saturated carbocycles. The number of nitrogens with one attached hydrogen (secondary N) is 1. The fraction of sp³-hybridized carbons (Fsp3) is 0.600. The molecule has 1 N–H and O–H groups in total. The second kappa shape index (κ2) is 4.75. The van der Waals surface area contributed by atoms with Crippen molar-refractivity contribution in [2.75, 3.05) is 6.61 Å². The van der Waals surface area contributed by atoms with E-state index in [0.717, 1.165) is 19.6 Å². The van der Waals surface area contributed by atoms with Crippen molar-refractivity contribution >= 4 is 27.3 Å². The first-order chi connectivity index (χ1) is 6.77. The second-order valence-electron chi connectivity index (χ2n) is 3.54. The first-order valence-electron chi connectivity index (χ1n) is 4.84. The van der Waals surface area contributed by atoms with Gasteiger partial charge >= 0.3 is 0 Å².